The maximum Gasteiger partial charge on any atom is 0.266 e. The number of nitrogens with zero attached hydrogens (tertiary/aromatic N) is 4. The van der Waals surface area contributed by atoms with Gasteiger partial charge in [0.2, 0.25) is 5.91 Å². The van der Waals surface area contributed by atoms with E-state index in [1.165, 1.54) is 41.6 Å². The first-order valence-electron chi connectivity index (χ1n) is 10.1. The average molecular weight is 428 g/mol. The molecule has 0 radical (unpaired) electrons. The number of methoxy groups -OCH3 is 1. The number of H-pyrrole nitrogens is 1. The molecule has 1 fully saturated rings. The minimum atomic E-state index is -0.260. The van der Waals surface area contributed by atoms with Crippen LogP contribution in [0.15, 0.2) is 40.3 Å². The first kappa shape index (κ1) is 20.5. The van der Waals surface area contributed by atoms with Gasteiger partial charge in [-0.3, -0.25) is 14.7 Å². The van der Waals surface area contributed by atoms with E-state index in [0.717, 1.165) is 24.2 Å². The lowest BCUT2D eigenvalue weighted by Gasteiger charge is -2.31. The molecule has 0 saturated heterocycles. The average Bonchev–Trinajstić information content (AvgIpc) is 3.17. The van der Waals surface area contributed by atoms with Crippen LogP contribution in [0.25, 0.3) is 17.0 Å². The van der Waals surface area contributed by atoms with Crippen molar-refractivity contribution in [1.82, 2.24) is 24.5 Å². The lowest BCUT2D eigenvalue weighted by Crippen LogP contribution is -2.39. The van der Waals surface area contributed by atoms with E-state index in [1.54, 1.807) is 7.11 Å². The summed E-state index contributed by atoms with van der Waals surface area (Å²) in [5, 5.41) is 3.24. The number of carbonyl (C=O) groups excluding carboxylic acids is 1. The number of ether oxygens (including phenoxy) is 1. The van der Waals surface area contributed by atoms with E-state index in [0.29, 0.717) is 22.7 Å². The SMILES string of the molecule is COc1ccc(-c2nc(SCC(=O)N(C)C3CCCCC3)n3[nH]c(=O)cc3n2)cc1. The molecule has 4 rings (SSSR count). The Bertz CT molecular complexity index is 1090. The molecule has 1 saturated carbocycles. The maximum absolute atomic E-state index is 12.7. The van der Waals surface area contributed by atoms with Crippen LogP contribution < -0.4 is 10.3 Å². The van der Waals surface area contributed by atoms with Crippen molar-refractivity contribution in [2.24, 2.45) is 0 Å². The van der Waals surface area contributed by atoms with Gasteiger partial charge < -0.3 is 9.64 Å². The molecule has 0 bridgehead atoms. The fourth-order valence-electron chi connectivity index (χ4n) is 3.75. The summed E-state index contributed by atoms with van der Waals surface area (Å²) in [6, 6.07) is 9.15. The molecule has 0 atom stereocenters. The number of aromatic nitrogens is 4. The standard InChI is InChI=1S/C21H25N5O3S/c1-25(15-6-4-3-5-7-15)19(28)13-30-21-23-20(14-8-10-16(29-2)11-9-14)22-17-12-18(27)24-26(17)21/h8-12,15H,3-7,13H2,1-2H3,(H,24,27). The van der Waals surface area contributed by atoms with Crippen LogP contribution >= 0.6 is 11.8 Å². The Hall–Kier alpha value is -2.81. The lowest BCUT2D eigenvalue weighted by molar-refractivity contribution is -0.129. The Morgan fingerprint density at radius 1 is 1.23 bits per heavy atom. The minimum absolute atomic E-state index is 0.0687. The molecule has 9 heteroatoms. The zero-order valence-corrected chi connectivity index (χ0v) is 17.9. The highest BCUT2D eigenvalue weighted by molar-refractivity contribution is 7.99. The van der Waals surface area contributed by atoms with Crippen LogP contribution in [0.1, 0.15) is 32.1 Å². The van der Waals surface area contributed by atoms with Crippen molar-refractivity contribution in [2.45, 2.75) is 43.3 Å². The Kier molecular flexibility index (Phi) is 6.08. The van der Waals surface area contributed by atoms with Gasteiger partial charge in [0.05, 0.1) is 12.9 Å². The van der Waals surface area contributed by atoms with Crippen LogP contribution in [0.3, 0.4) is 0 Å². The van der Waals surface area contributed by atoms with Crippen molar-refractivity contribution in [3.63, 3.8) is 0 Å². The van der Waals surface area contributed by atoms with E-state index in [-0.39, 0.29) is 17.2 Å². The molecule has 1 aromatic carbocycles. The topological polar surface area (TPSA) is 92.6 Å². The van der Waals surface area contributed by atoms with E-state index < -0.39 is 0 Å². The van der Waals surface area contributed by atoms with Crippen LogP contribution in [-0.4, -0.2) is 56.3 Å². The van der Waals surface area contributed by atoms with Gasteiger partial charge in [-0.1, -0.05) is 31.0 Å². The number of thioether (sulfide) groups is 1. The van der Waals surface area contributed by atoms with Gasteiger partial charge in [-0.05, 0) is 37.1 Å². The van der Waals surface area contributed by atoms with Crippen molar-refractivity contribution < 1.29 is 9.53 Å². The summed E-state index contributed by atoms with van der Waals surface area (Å²) in [5.41, 5.74) is 1.01. The Morgan fingerprint density at radius 2 is 1.97 bits per heavy atom. The van der Waals surface area contributed by atoms with Crippen LogP contribution in [-0.2, 0) is 4.79 Å². The van der Waals surface area contributed by atoms with Gasteiger partial charge in [0.15, 0.2) is 16.6 Å². The number of benzene rings is 1. The molecule has 0 unspecified atom stereocenters. The molecule has 2 heterocycles. The van der Waals surface area contributed by atoms with Gasteiger partial charge >= 0.3 is 0 Å². The van der Waals surface area contributed by atoms with Crippen LogP contribution in [0.5, 0.6) is 5.75 Å². The molecule has 2 aromatic heterocycles. The monoisotopic (exact) mass is 427 g/mol. The fourth-order valence-corrected chi connectivity index (χ4v) is 4.63. The molecule has 0 aliphatic heterocycles. The Balaban J connectivity index is 1.57. The summed E-state index contributed by atoms with van der Waals surface area (Å²) >= 11 is 1.31. The van der Waals surface area contributed by atoms with Gasteiger partial charge in [-0.2, -0.15) is 0 Å². The number of hydrogen-bond donors (Lipinski definition) is 1. The molecule has 158 valence electrons. The number of amides is 1. The molecular weight excluding hydrogens is 402 g/mol. The second-order valence-corrected chi connectivity index (χ2v) is 8.40. The first-order chi connectivity index (χ1) is 14.5. The third-order valence-corrected chi connectivity index (χ3v) is 6.44. The minimum Gasteiger partial charge on any atom is -0.497 e. The summed E-state index contributed by atoms with van der Waals surface area (Å²) in [6.45, 7) is 0. The smallest absolute Gasteiger partial charge is 0.266 e. The second-order valence-electron chi connectivity index (χ2n) is 7.46. The van der Waals surface area contributed by atoms with Crippen molar-refractivity contribution in [1.29, 1.82) is 0 Å². The molecule has 30 heavy (non-hydrogen) atoms. The molecule has 1 aliphatic rings. The summed E-state index contributed by atoms with van der Waals surface area (Å²) < 4.78 is 6.74. The van der Waals surface area contributed by atoms with Crippen LogP contribution in [0.4, 0.5) is 0 Å². The number of hydrogen-bond acceptors (Lipinski definition) is 6. The highest BCUT2D eigenvalue weighted by atomic mass is 32.2. The van der Waals surface area contributed by atoms with E-state index in [4.69, 9.17) is 4.74 Å². The fraction of sp³-hybridized carbons (Fsp3) is 0.429. The zero-order valence-electron chi connectivity index (χ0n) is 17.1. The van der Waals surface area contributed by atoms with Crippen molar-refractivity contribution >= 4 is 23.3 Å². The van der Waals surface area contributed by atoms with Gasteiger partial charge in [0.25, 0.3) is 5.56 Å². The highest BCUT2D eigenvalue weighted by Crippen LogP contribution is 2.25. The van der Waals surface area contributed by atoms with Crippen LogP contribution in [0, 0.1) is 0 Å². The normalized spacial score (nSPS) is 14.7. The van der Waals surface area contributed by atoms with Crippen molar-refractivity contribution in [3.8, 4) is 17.1 Å². The summed E-state index contributed by atoms with van der Waals surface area (Å²) in [5.74, 6) is 1.55. The summed E-state index contributed by atoms with van der Waals surface area (Å²) in [7, 11) is 3.49. The van der Waals surface area contributed by atoms with E-state index in [9.17, 15) is 9.59 Å². The number of nitrogens with one attached hydrogen (secondary N) is 1. The largest absolute Gasteiger partial charge is 0.497 e. The molecule has 1 aliphatic carbocycles. The number of rotatable bonds is 6. The van der Waals surface area contributed by atoms with Crippen LogP contribution in [0.2, 0.25) is 0 Å². The summed E-state index contributed by atoms with van der Waals surface area (Å²) in [6.07, 6.45) is 5.74. The predicted molar refractivity (Wildman–Crippen MR) is 116 cm³/mol. The van der Waals surface area contributed by atoms with E-state index >= 15 is 0 Å². The third kappa shape index (κ3) is 4.35. The van der Waals surface area contributed by atoms with Gasteiger partial charge in [-0.25, -0.2) is 14.5 Å². The zero-order chi connectivity index (χ0) is 21.1. The van der Waals surface area contributed by atoms with Gasteiger partial charge in [0.1, 0.15) is 5.75 Å². The molecule has 1 N–H and O–H groups in total. The number of aromatic amines is 1. The highest BCUT2D eigenvalue weighted by Gasteiger charge is 2.22. The Morgan fingerprint density at radius 3 is 2.67 bits per heavy atom. The number of fused-ring (bicyclic) bond motifs is 1. The Labute approximate surface area is 178 Å². The molecule has 1 amide bonds. The van der Waals surface area contributed by atoms with E-state index in [2.05, 4.69) is 15.1 Å². The van der Waals surface area contributed by atoms with Crippen molar-refractivity contribution in [2.75, 3.05) is 19.9 Å². The maximum atomic E-state index is 12.7. The van der Waals surface area contributed by atoms with Gasteiger partial charge in [-0.15, -0.1) is 0 Å². The first-order valence-corrected chi connectivity index (χ1v) is 11.1. The molecular formula is C21H25N5O3S. The number of carbonyl (C=O) groups is 1. The third-order valence-electron chi connectivity index (χ3n) is 5.51. The lowest BCUT2D eigenvalue weighted by atomic mass is 9.94. The molecule has 0 spiro atoms. The molecule has 3 aromatic rings. The van der Waals surface area contributed by atoms with E-state index in [1.807, 2.05) is 36.2 Å². The molecule has 8 nitrogen and oxygen atoms in total. The summed E-state index contributed by atoms with van der Waals surface area (Å²) in [4.78, 5) is 35.6. The van der Waals surface area contributed by atoms with Gasteiger partial charge in [0, 0.05) is 24.7 Å². The quantitative estimate of drug-likeness (QED) is 0.608. The van der Waals surface area contributed by atoms with Crippen molar-refractivity contribution in [3.05, 3.63) is 40.7 Å². The second kappa shape index (κ2) is 8.91. The predicted octanol–water partition coefficient (Wildman–Crippen LogP) is 2.98.